The third-order valence-electron chi connectivity index (χ3n) is 9.00. The Hall–Kier alpha value is -6.10. The third-order valence-corrected chi connectivity index (χ3v) is 9.00. The van der Waals surface area contributed by atoms with Crippen molar-refractivity contribution in [2.45, 2.75) is 24.3 Å². The van der Waals surface area contributed by atoms with Crippen molar-refractivity contribution in [1.29, 1.82) is 0 Å². The van der Waals surface area contributed by atoms with Gasteiger partial charge in [0.2, 0.25) is 0 Å². The van der Waals surface area contributed by atoms with E-state index in [9.17, 15) is 0 Å². The number of nitrogens with one attached hydrogen (secondary N) is 4. The highest BCUT2D eigenvalue weighted by Crippen LogP contribution is 2.31. The summed E-state index contributed by atoms with van der Waals surface area (Å²) in [6.45, 7) is 0.715. The second kappa shape index (κ2) is 18.1. The minimum atomic E-state index is -0.772. The van der Waals surface area contributed by atoms with Crippen molar-refractivity contribution < 1.29 is 28.4 Å². The standard InChI is InChI=1S/C44H48N4O6/c1-49-39-15-7-33(8-16-39)45-35-23-27-43(28-24-35,47-37-11-19-41(51-3)20-12-37)53-31-5-6-32-54-44(48-38-13-21-42(52-4)22-14-38)29-25-36(26-30-44)46-34-9-17-40(50-2)18-10-34/h5-27,29,45-48H,28,30-32H2,1-4H3. The molecule has 2 atom stereocenters. The number of allylic oxidation sites excluding steroid dienone is 2. The lowest BCUT2D eigenvalue weighted by molar-refractivity contribution is 0.0266. The Balaban J connectivity index is 1.09. The van der Waals surface area contributed by atoms with Crippen LogP contribution in [0.2, 0.25) is 0 Å². The predicted molar refractivity (Wildman–Crippen MR) is 217 cm³/mol. The van der Waals surface area contributed by atoms with Crippen molar-refractivity contribution in [2.24, 2.45) is 0 Å². The average Bonchev–Trinajstić information content (AvgIpc) is 3.22. The fourth-order valence-electron chi connectivity index (χ4n) is 5.95. The van der Waals surface area contributed by atoms with Gasteiger partial charge in [0.15, 0.2) is 11.4 Å². The largest absolute Gasteiger partial charge is 0.497 e. The van der Waals surface area contributed by atoms with Crippen LogP contribution in [0.5, 0.6) is 23.0 Å². The molecule has 0 bridgehead atoms. The molecule has 0 amide bonds. The van der Waals surface area contributed by atoms with Crippen molar-refractivity contribution >= 4 is 22.7 Å². The molecule has 280 valence electrons. The highest BCUT2D eigenvalue weighted by Gasteiger charge is 2.30. The van der Waals surface area contributed by atoms with Gasteiger partial charge in [-0.3, -0.25) is 0 Å². The van der Waals surface area contributed by atoms with Crippen molar-refractivity contribution in [3.63, 3.8) is 0 Å². The summed E-state index contributed by atoms with van der Waals surface area (Å²) in [5.41, 5.74) is 4.18. The molecule has 0 saturated heterocycles. The number of methoxy groups -OCH3 is 4. The van der Waals surface area contributed by atoms with Gasteiger partial charge in [0.25, 0.3) is 0 Å². The van der Waals surface area contributed by atoms with Crippen LogP contribution in [0.3, 0.4) is 0 Å². The van der Waals surface area contributed by atoms with Crippen LogP contribution in [-0.4, -0.2) is 53.1 Å². The van der Waals surface area contributed by atoms with Gasteiger partial charge in [0.05, 0.1) is 41.7 Å². The van der Waals surface area contributed by atoms with Crippen LogP contribution in [-0.2, 0) is 9.47 Å². The van der Waals surface area contributed by atoms with Crippen LogP contribution in [0.4, 0.5) is 22.7 Å². The van der Waals surface area contributed by atoms with E-state index in [4.69, 9.17) is 28.4 Å². The quantitative estimate of drug-likeness (QED) is 0.0586. The summed E-state index contributed by atoms with van der Waals surface area (Å²) in [7, 11) is 6.64. The molecule has 4 aromatic carbocycles. The van der Waals surface area contributed by atoms with E-state index < -0.39 is 11.4 Å². The topological polar surface area (TPSA) is 104 Å². The molecule has 0 aliphatic heterocycles. The first-order chi connectivity index (χ1) is 26.4. The lowest BCUT2D eigenvalue weighted by Gasteiger charge is -2.35. The minimum Gasteiger partial charge on any atom is -0.497 e. The first-order valence-electron chi connectivity index (χ1n) is 17.8. The van der Waals surface area contributed by atoms with E-state index in [1.54, 1.807) is 28.4 Å². The molecule has 0 spiro atoms. The molecule has 0 heterocycles. The molecule has 6 rings (SSSR count). The molecule has 54 heavy (non-hydrogen) atoms. The maximum Gasteiger partial charge on any atom is 0.162 e. The second-order valence-electron chi connectivity index (χ2n) is 12.7. The molecule has 0 saturated carbocycles. The maximum atomic E-state index is 6.55. The first-order valence-corrected chi connectivity index (χ1v) is 17.8. The summed E-state index contributed by atoms with van der Waals surface area (Å²) >= 11 is 0. The number of rotatable bonds is 18. The maximum absolute atomic E-state index is 6.55. The average molecular weight is 729 g/mol. The van der Waals surface area contributed by atoms with Gasteiger partial charge < -0.3 is 49.7 Å². The van der Waals surface area contributed by atoms with E-state index in [1.807, 2.05) is 121 Å². The van der Waals surface area contributed by atoms with Crippen LogP contribution >= 0.6 is 0 Å². The summed E-state index contributed by atoms with van der Waals surface area (Å²) in [5.74, 6) is 3.20. The Morgan fingerprint density at radius 3 is 1.06 bits per heavy atom. The van der Waals surface area contributed by atoms with Crippen LogP contribution in [0.25, 0.3) is 0 Å². The van der Waals surface area contributed by atoms with Gasteiger partial charge in [0.1, 0.15) is 23.0 Å². The summed E-state index contributed by atoms with van der Waals surface area (Å²) in [6.07, 6.45) is 17.6. The molecule has 10 nitrogen and oxygen atoms in total. The lowest BCUT2D eigenvalue weighted by Crippen LogP contribution is -2.41. The molecule has 4 aromatic rings. The van der Waals surface area contributed by atoms with E-state index in [1.165, 1.54) is 0 Å². The zero-order chi connectivity index (χ0) is 37.6. The highest BCUT2D eigenvalue weighted by molar-refractivity contribution is 5.57. The lowest BCUT2D eigenvalue weighted by atomic mass is 10.0. The summed E-state index contributed by atoms with van der Waals surface area (Å²) in [5, 5.41) is 14.1. The molecule has 2 aliphatic carbocycles. The molecule has 10 heteroatoms. The van der Waals surface area contributed by atoms with Crippen LogP contribution in [0, 0.1) is 0 Å². The van der Waals surface area contributed by atoms with Crippen LogP contribution in [0.1, 0.15) is 12.8 Å². The minimum absolute atomic E-state index is 0.358. The number of hydrogen-bond donors (Lipinski definition) is 4. The number of anilines is 4. The SMILES string of the molecule is COc1ccc(NC2=CCC(Nc3ccc(OC)cc3)(OCC=CCOC3(Nc4ccc(OC)cc4)C=CC(Nc4ccc(OC)cc4)=CC3)C=C2)cc1. The fourth-order valence-corrected chi connectivity index (χ4v) is 5.95. The highest BCUT2D eigenvalue weighted by atomic mass is 16.5. The molecular formula is C44H48N4O6. The van der Waals surface area contributed by atoms with Gasteiger partial charge in [0, 0.05) is 47.0 Å². The Bertz CT molecular complexity index is 1810. The molecular weight excluding hydrogens is 681 g/mol. The van der Waals surface area contributed by atoms with Crippen LogP contribution in [0.15, 0.2) is 157 Å². The fraction of sp³-hybridized carbons (Fsp3) is 0.227. The molecule has 2 unspecified atom stereocenters. The van der Waals surface area contributed by atoms with E-state index in [0.717, 1.165) is 57.1 Å². The number of hydrogen-bond acceptors (Lipinski definition) is 10. The van der Waals surface area contributed by atoms with E-state index in [0.29, 0.717) is 26.1 Å². The summed E-state index contributed by atoms with van der Waals surface area (Å²) in [6, 6.07) is 31.3. The predicted octanol–water partition coefficient (Wildman–Crippen LogP) is 9.14. The molecule has 0 fully saturated rings. The summed E-state index contributed by atoms with van der Waals surface area (Å²) < 4.78 is 34.4. The van der Waals surface area contributed by atoms with Crippen molar-refractivity contribution in [3.05, 3.63) is 157 Å². The monoisotopic (exact) mass is 728 g/mol. The Labute approximate surface area is 317 Å². The Kier molecular flexibility index (Phi) is 12.6. The van der Waals surface area contributed by atoms with Gasteiger partial charge in [-0.2, -0.15) is 0 Å². The van der Waals surface area contributed by atoms with Crippen molar-refractivity contribution in [2.75, 3.05) is 62.9 Å². The van der Waals surface area contributed by atoms with Gasteiger partial charge in [-0.1, -0.05) is 24.3 Å². The van der Waals surface area contributed by atoms with Crippen LogP contribution < -0.4 is 40.2 Å². The van der Waals surface area contributed by atoms with E-state index in [2.05, 4.69) is 45.6 Å². The van der Waals surface area contributed by atoms with E-state index >= 15 is 0 Å². The first kappa shape index (κ1) is 37.7. The smallest absolute Gasteiger partial charge is 0.162 e. The van der Waals surface area contributed by atoms with E-state index in [-0.39, 0.29) is 0 Å². The molecule has 0 aromatic heterocycles. The molecule has 4 N–H and O–H groups in total. The zero-order valence-electron chi connectivity index (χ0n) is 31.1. The molecule has 2 aliphatic rings. The van der Waals surface area contributed by atoms with Crippen molar-refractivity contribution in [3.8, 4) is 23.0 Å². The Morgan fingerprint density at radius 2 is 0.778 bits per heavy atom. The second-order valence-corrected chi connectivity index (χ2v) is 12.7. The normalized spacial score (nSPS) is 19.0. The van der Waals surface area contributed by atoms with Gasteiger partial charge in [-0.25, -0.2) is 0 Å². The number of ether oxygens (including phenoxy) is 6. The summed E-state index contributed by atoms with van der Waals surface area (Å²) in [4.78, 5) is 0. The van der Waals surface area contributed by atoms with Gasteiger partial charge in [-0.15, -0.1) is 0 Å². The van der Waals surface area contributed by atoms with Gasteiger partial charge in [-0.05, 0) is 121 Å². The third kappa shape index (κ3) is 10.3. The Morgan fingerprint density at radius 1 is 0.463 bits per heavy atom. The van der Waals surface area contributed by atoms with Crippen molar-refractivity contribution in [1.82, 2.24) is 0 Å². The van der Waals surface area contributed by atoms with Gasteiger partial charge >= 0.3 is 0 Å². The molecule has 0 radical (unpaired) electrons. The number of benzene rings is 4. The zero-order valence-corrected chi connectivity index (χ0v) is 31.1.